The lowest BCUT2D eigenvalue weighted by atomic mass is 10.1. The van der Waals surface area contributed by atoms with Crippen molar-refractivity contribution >= 4 is 6.03 Å². The quantitative estimate of drug-likeness (QED) is 0.701. The van der Waals surface area contributed by atoms with Gasteiger partial charge in [-0.25, -0.2) is 9.78 Å². The fraction of sp³-hybridized carbons (Fsp3) is 0.800. The molecule has 23 heavy (non-hydrogen) atoms. The van der Waals surface area contributed by atoms with Gasteiger partial charge in [0.15, 0.2) is 5.82 Å². The highest BCUT2D eigenvalue weighted by molar-refractivity contribution is 5.74. The Bertz CT molecular complexity index is 504. The molecule has 2 rings (SSSR count). The number of rotatable bonds is 6. The summed E-state index contributed by atoms with van der Waals surface area (Å²) in [5.74, 6) is 1.89. The number of H-pyrrole nitrogens is 1. The van der Waals surface area contributed by atoms with Gasteiger partial charge in [0.1, 0.15) is 5.82 Å². The van der Waals surface area contributed by atoms with Crippen LogP contribution in [-0.2, 0) is 6.54 Å². The number of aryl methyl sites for hydroxylation is 1. The summed E-state index contributed by atoms with van der Waals surface area (Å²) in [6, 6.07) is 0.118. The predicted octanol–water partition coefficient (Wildman–Crippen LogP) is 0.347. The molecular weight excluding hydrogens is 296 g/mol. The number of nitrogens with zero attached hydrogens (tertiary/aromatic N) is 4. The van der Waals surface area contributed by atoms with E-state index in [0.29, 0.717) is 37.8 Å². The Morgan fingerprint density at radius 3 is 2.87 bits per heavy atom. The zero-order valence-corrected chi connectivity index (χ0v) is 14.2. The number of piperazine rings is 1. The second-order valence-corrected chi connectivity index (χ2v) is 6.50. The van der Waals surface area contributed by atoms with Crippen LogP contribution >= 0.6 is 0 Å². The van der Waals surface area contributed by atoms with Gasteiger partial charge < -0.3 is 15.3 Å². The lowest BCUT2D eigenvalue weighted by Crippen LogP contribution is -2.57. The molecule has 8 heteroatoms. The summed E-state index contributed by atoms with van der Waals surface area (Å²) in [6.45, 7) is 9.85. The van der Waals surface area contributed by atoms with E-state index in [1.165, 1.54) is 0 Å². The van der Waals surface area contributed by atoms with E-state index in [0.717, 1.165) is 18.9 Å². The number of carbonyl (C=O) groups excluding carboxylic acids is 1. The second-order valence-electron chi connectivity index (χ2n) is 6.50. The van der Waals surface area contributed by atoms with Crippen molar-refractivity contribution in [1.29, 1.82) is 0 Å². The number of hydrogen-bond acceptors (Lipinski definition) is 5. The molecule has 3 N–H and O–H groups in total. The van der Waals surface area contributed by atoms with E-state index in [2.05, 4.69) is 39.2 Å². The predicted molar refractivity (Wildman–Crippen MR) is 86.8 cm³/mol. The first-order valence-electron chi connectivity index (χ1n) is 8.25. The molecule has 0 unspecified atom stereocenters. The Kier molecular flexibility index (Phi) is 6.35. The van der Waals surface area contributed by atoms with Crippen molar-refractivity contribution in [3.63, 3.8) is 0 Å². The normalized spacial score (nSPS) is 19.3. The van der Waals surface area contributed by atoms with E-state index in [9.17, 15) is 9.90 Å². The van der Waals surface area contributed by atoms with Crippen LogP contribution in [0, 0.1) is 12.8 Å². The first-order chi connectivity index (χ1) is 11.0. The van der Waals surface area contributed by atoms with Crippen molar-refractivity contribution in [3.8, 4) is 0 Å². The van der Waals surface area contributed by atoms with Crippen LogP contribution in [0.15, 0.2) is 0 Å². The fourth-order valence-corrected chi connectivity index (χ4v) is 2.94. The molecule has 1 aromatic heterocycles. The third-order valence-electron chi connectivity index (χ3n) is 4.00. The monoisotopic (exact) mass is 324 g/mol. The Morgan fingerprint density at radius 2 is 2.26 bits per heavy atom. The minimum absolute atomic E-state index is 0.0976. The first-order valence-corrected chi connectivity index (χ1v) is 8.25. The lowest BCUT2D eigenvalue weighted by Gasteiger charge is -2.42. The van der Waals surface area contributed by atoms with Crippen molar-refractivity contribution < 1.29 is 9.90 Å². The van der Waals surface area contributed by atoms with Crippen LogP contribution in [-0.4, -0.2) is 74.9 Å². The molecule has 2 amide bonds. The third-order valence-corrected chi connectivity index (χ3v) is 4.00. The van der Waals surface area contributed by atoms with Crippen LogP contribution < -0.4 is 5.32 Å². The van der Waals surface area contributed by atoms with Gasteiger partial charge in [-0.05, 0) is 19.3 Å². The summed E-state index contributed by atoms with van der Waals surface area (Å²) in [5.41, 5.74) is 0. The van der Waals surface area contributed by atoms with Gasteiger partial charge in [0.2, 0.25) is 0 Å². The number of carbonyl (C=O) groups is 1. The highest BCUT2D eigenvalue weighted by Gasteiger charge is 2.29. The van der Waals surface area contributed by atoms with Gasteiger partial charge in [-0.1, -0.05) is 13.8 Å². The molecule has 1 saturated heterocycles. The number of amides is 2. The molecule has 1 fully saturated rings. The Balaban J connectivity index is 1.86. The smallest absolute Gasteiger partial charge is 0.317 e. The number of nitrogens with one attached hydrogen (secondary N) is 2. The molecule has 8 nitrogen and oxygen atoms in total. The maximum atomic E-state index is 12.3. The topological polar surface area (TPSA) is 97.4 Å². The molecule has 1 atom stereocenters. The Morgan fingerprint density at radius 1 is 1.48 bits per heavy atom. The molecule has 1 aliphatic rings. The van der Waals surface area contributed by atoms with Crippen molar-refractivity contribution in [2.45, 2.75) is 39.8 Å². The van der Waals surface area contributed by atoms with Crippen molar-refractivity contribution in [2.75, 3.05) is 32.8 Å². The Hall–Kier alpha value is -1.67. The van der Waals surface area contributed by atoms with Gasteiger partial charge in [-0.15, -0.1) is 0 Å². The number of urea groups is 1. The van der Waals surface area contributed by atoms with Crippen LogP contribution in [0.4, 0.5) is 4.79 Å². The molecule has 130 valence electrons. The molecule has 0 spiro atoms. The third kappa shape index (κ3) is 5.18. The average molecular weight is 324 g/mol. The lowest BCUT2D eigenvalue weighted by molar-refractivity contribution is 0.0654. The van der Waals surface area contributed by atoms with Crippen LogP contribution in [0.25, 0.3) is 0 Å². The molecular formula is C15H28N6O2. The fourth-order valence-electron chi connectivity index (χ4n) is 2.94. The number of aliphatic hydroxyl groups is 1. The van der Waals surface area contributed by atoms with E-state index >= 15 is 0 Å². The summed E-state index contributed by atoms with van der Waals surface area (Å²) in [6.07, 6.45) is 0.691. The maximum absolute atomic E-state index is 12.3. The molecule has 2 heterocycles. The molecule has 0 aliphatic carbocycles. The van der Waals surface area contributed by atoms with Crippen LogP contribution in [0.5, 0.6) is 0 Å². The van der Waals surface area contributed by atoms with E-state index in [1.807, 2.05) is 11.8 Å². The number of aromatic nitrogens is 3. The van der Waals surface area contributed by atoms with E-state index in [4.69, 9.17) is 0 Å². The summed E-state index contributed by atoms with van der Waals surface area (Å²) in [4.78, 5) is 20.7. The zero-order chi connectivity index (χ0) is 16.8. The number of aliphatic hydroxyl groups excluding tert-OH is 1. The summed E-state index contributed by atoms with van der Waals surface area (Å²) in [5, 5.41) is 18.9. The average Bonchev–Trinajstić information content (AvgIpc) is 2.92. The molecule has 0 bridgehead atoms. The van der Waals surface area contributed by atoms with Gasteiger partial charge >= 0.3 is 6.03 Å². The first kappa shape index (κ1) is 17.7. The maximum Gasteiger partial charge on any atom is 0.317 e. The number of aromatic amines is 1. The zero-order valence-electron chi connectivity index (χ0n) is 14.2. The largest absolute Gasteiger partial charge is 0.396 e. The van der Waals surface area contributed by atoms with Crippen molar-refractivity contribution in [2.24, 2.45) is 5.92 Å². The molecule has 0 saturated carbocycles. The van der Waals surface area contributed by atoms with Gasteiger partial charge in [0, 0.05) is 38.8 Å². The van der Waals surface area contributed by atoms with Gasteiger partial charge in [0.05, 0.1) is 6.54 Å². The molecule has 1 aliphatic heterocycles. The van der Waals surface area contributed by atoms with E-state index in [-0.39, 0.29) is 18.7 Å². The molecule has 0 radical (unpaired) electrons. The SMILES string of the molecule is Cc1nc(CNC(=O)N2CCN(CC(C)C)[C@@H](CCO)C2)n[nH]1. The van der Waals surface area contributed by atoms with Crippen molar-refractivity contribution in [1.82, 2.24) is 30.3 Å². The highest BCUT2D eigenvalue weighted by atomic mass is 16.3. The minimum atomic E-state index is -0.0976. The number of hydrogen-bond donors (Lipinski definition) is 3. The van der Waals surface area contributed by atoms with Crippen LogP contribution in [0.2, 0.25) is 0 Å². The summed E-state index contributed by atoms with van der Waals surface area (Å²) < 4.78 is 0. The van der Waals surface area contributed by atoms with Gasteiger partial charge in [-0.2, -0.15) is 5.10 Å². The Labute approximate surface area is 137 Å². The molecule has 0 aromatic carbocycles. The van der Waals surface area contributed by atoms with E-state index in [1.54, 1.807) is 0 Å². The summed E-state index contributed by atoms with van der Waals surface area (Å²) >= 11 is 0. The van der Waals surface area contributed by atoms with Gasteiger partial charge in [0.25, 0.3) is 0 Å². The highest BCUT2D eigenvalue weighted by Crippen LogP contribution is 2.15. The van der Waals surface area contributed by atoms with Crippen molar-refractivity contribution in [3.05, 3.63) is 11.6 Å². The molecule has 1 aromatic rings. The minimum Gasteiger partial charge on any atom is -0.396 e. The van der Waals surface area contributed by atoms with E-state index < -0.39 is 0 Å². The van der Waals surface area contributed by atoms with Gasteiger partial charge in [-0.3, -0.25) is 10.00 Å². The second kappa shape index (κ2) is 8.26. The van der Waals surface area contributed by atoms with Crippen LogP contribution in [0.3, 0.4) is 0 Å². The standard InChI is InChI=1S/C15H28N6O2/c1-11(2)9-20-5-6-21(10-13(20)4-7-22)15(23)16-8-14-17-12(3)18-19-14/h11,13,22H,4-10H2,1-3H3,(H,16,23)(H,17,18,19)/t13-/m0/s1. The van der Waals surface area contributed by atoms with Crippen LogP contribution in [0.1, 0.15) is 31.9 Å². The summed E-state index contributed by atoms with van der Waals surface area (Å²) in [7, 11) is 0.